The molecule has 2 N–H and O–H groups in total. The van der Waals surface area contributed by atoms with Crippen molar-refractivity contribution in [2.75, 3.05) is 10.6 Å². The summed E-state index contributed by atoms with van der Waals surface area (Å²) in [5, 5.41) is 5.95. The molecule has 2 amide bonds. The molecule has 1 aliphatic rings. The van der Waals surface area contributed by atoms with Crippen LogP contribution in [0.15, 0.2) is 36.5 Å². The fourth-order valence-corrected chi connectivity index (χ4v) is 2.59. The van der Waals surface area contributed by atoms with Gasteiger partial charge in [-0.3, -0.25) is 9.59 Å². The highest BCUT2D eigenvalue weighted by Crippen LogP contribution is 2.30. The molecule has 0 aliphatic heterocycles. The SMILES string of the molecule is O=C(Nc1ccc(NC(=O)C2CC2)nc1)c1c(Cl)cccc1Cl. The number of anilines is 2. The van der Waals surface area contributed by atoms with Gasteiger partial charge in [0.05, 0.1) is 27.5 Å². The van der Waals surface area contributed by atoms with Gasteiger partial charge in [0, 0.05) is 5.92 Å². The van der Waals surface area contributed by atoms with Gasteiger partial charge in [-0.15, -0.1) is 0 Å². The van der Waals surface area contributed by atoms with E-state index in [2.05, 4.69) is 15.6 Å². The Morgan fingerprint density at radius 3 is 2.30 bits per heavy atom. The zero-order valence-electron chi connectivity index (χ0n) is 12.0. The summed E-state index contributed by atoms with van der Waals surface area (Å²) in [4.78, 5) is 28.0. The standard InChI is InChI=1S/C16H13Cl2N3O2/c17-11-2-1-3-12(18)14(11)16(23)20-10-6-7-13(19-8-10)21-15(22)9-4-5-9/h1-3,6-9H,4-5H2,(H,20,23)(H,19,21,22). The molecule has 0 spiro atoms. The zero-order chi connectivity index (χ0) is 16.4. The first-order chi connectivity index (χ1) is 11.0. The predicted octanol–water partition coefficient (Wildman–Crippen LogP) is 3.99. The Hall–Kier alpha value is -2.11. The lowest BCUT2D eigenvalue weighted by atomic mass is 10.2. The van der Waals surface area contributed by atoms with Crippen LogP contribution in [0.1, 0.15) is 23.2 Å². The topological polar surface area (TPSA) is 71.1 Å². The van der Waals surface area contributed by atoms with E-state index in [0.717, 1.165) is 12.8 Å². The maximum absolute atomic E-state index is 12.2. The van der Waals surface area contributed by atoms with Gasteiger partial charge >= 0.3 is 0 Å². The highest BCUT2D eigenvalue weighted by Gasteiger charge is 2.29. The highest BCUT2D eigenvalue weighted by molar-refractivity contribution is 6.40. The average Bonchev–Trinajstić information content (AvgIpc) is 3.34. The molecule has 0 unspecified atom stereocenters. The lowest BCUT2D eigenvalue weighted by molar-refractivity contribution is -0.117. The summed E-state index contributed by atoms with van der Waals surface area (Å²) in [6.45, 7) is 0. The van der Waals surface area contributed by atoms with Crippen LogP contribution in [0.3, 0.4) is 0 Å². The van der Waals surface area contributed by atoms with Crippen molar-refractivity contribution in [3.63, 3.8) is 0 Å². The van der Waals surface area contributed by atoms with Gasteiger partial charge in [-0.25, -0.2) is 4.98 Å². The minimum Gasteiger partial charge on any atom is -0.320 e. The number of hydrogen-bond donors (Lipinski definition) is 2. The third-order valence-electron chi connectivity index (χ3n) is 3.41. The van der Waals surface area contributed by atoms with E-state index in [1.807, 2.05) is 0 Å². The quantitative estimate of drug-likeness (QED) is 0.876. The number of carbonyl (C=O) groups is 2. The summed E-state index contributed by atoms with van der Waals surface area (Å²) in [5.74, 6) is 0.128. The van der Waals surface area contributed by atoms with E-state index >= 15 is 0 Å². The Labute approximate surface area is 143 Å². The van der Waals surface area contributed by atoms with Crippen LogP contribution >= 0.6 is 23.2 Å². The molecule has 1 aliphatic carbocycles. The second-order valence-corrected chi connectivity index (χ2v) is 6.06. The van der Waals surface area contributed by atoms with Gasteiger partial charge in [-0.2, -0.15) is 0 Å². The number of nitrogens with zero attached hydrogens (tertiary/aromatic N) is 1. The number of pyridine rings is 1. The molecule has 1 heterocycles. The number of aromatic nitrogens is 1. The van der Waals surface area contributed by atoms with Gasteiger partial charge in [0.2, 0.25) is 5.91 Å². The maximum atomic E-state index is 12.2. The summed E-state index contributed by atoms with van der Waals surface area (Å²) in [7, 11) is 0. The number of carbonyl (C=O) groups excluding carboxylic acids is 2. The molecular formula is C16H13Cl2N3O2. The Balaban J connectivity index is 1.68. The fourth-order valence-electron chi connectivity index (χ4n) is 2.02. The van der Waals surface area contributed by atoms with Crippen LogP contribution in [0.25, 0.3) is 0 Å². The Bertz CT molecular complexity index is 738. The van der Waals surface area contributed by atoms with Crippen molar-refractivity contribution in [1.29, 1.82) is 0 Å². The molecule has 0 saturated heterocycles. The fraction of sp³-hybridized carbons (Fsp3) is 0.188. The van der Waals surface area contributed by atoms with Crippen molar-refractivity contribution < 1.29 is 9.59 Å². The van der Waals surface area contributed by atoms with Crippen molar-refractivity contribution in [1.82, 2.24) is 4.98 Å². The van der Waals surface area contributed by atoms with Crippen molar-refractivity contribution in [2.45, 2.75) is 12.8 Å². The molecule has 1 aromatic carbocycles. The molecule has 0 atom stereocenters. The first-order valence-electron chi connectivity index (χ1n) is 7.07. The minimum absolute atomic E-state index is 0.0165. The van der Waals surface area contributed by atoms with Crippen LogP contribution in [0.2, 0.25) is 10.0 Å². The first kappa shape index (κ1) is 15.8. The van der Waals surface area contributed by atoms with E-state index in [-0.39, 0.29) is 27.4 Å². The number of nitrogens with one attached hydrogen (secondary N) is 2. The van der Waals surface area contributed by atoms with E-state index in [1.165, 1.54) is 6.20 Å². The summed E-state index contributed by atoms with van der Waals surface area (Å²) in [5.41, 5.74) is 0.692. The monoisotopic (exact) mass is 349 g/mol. The van der Waals surface area contributed by atoms with Crippen LogP contribution in [0.4, 0.5) is 11.5 Å². The van der Waals surface area contributed by atoms with Gasteiger partial charge in [0.1, 0.15) is 5.82 Å². The Morgan fingerprint density at radius 1 is 1.04 bits per heavy atom. The molecule has 0 bridgehead atoms. The van der Waals surface area contributed by atoms with Gasteiger partial charge in [-0.05, 0) is 37.1 Å². The molecular weight excluding hydrogens is 337 g/mol. The molecule has 23 heavy (non-hydrogen) atoms. The number of amides is 2. The Kier molecular flexibility index (Phi) is 4.50. The van der Waals surface area contributed by atoms with Crippen LogP contribution in [0.5, 0.6) is 0 Å². The molecule has 1 fully saturated rings. The lowest BCUT2D eigenvalue weighted by Crippen LogP contribution is -2.15. The molecule has 1 aromatic heterocycles. The molecule has 0 radical (unpaired) electrons. The van der Waals surface area contributed by atoms with E-state index < -0.39 is 5.91 Å². The van der Waals surface area contributed by atoms with E-state index in [1.54, 1.807) is 30.3 Å². The molecule has 1 saturated carbocycles. The third kappa shape index (κ3) is 3.81. The van der Waals surface area contributed by atoms with E-state index in [9.17, 15) is 9.59 Å². The number of rotatable bonds is 4. The van der Waals surface area contributed by atoms with Crippen molar-refractivity contribution >= 4 is 46.5 Å². The van der Waals surface area contributed by atoms with Crippen molar-refractivity contribution in [2.24, 2.45) is 5.92 Å². The normalized spacial score (nSPS) is 13.5. The van der Waals surface area contributed by atoms with Crippen LogP contribution in [0, 0.1) is 5.92 Å². The number of halogens is 2. The van der Waals surface area contributed by atoms with Crippen LogP contribution < -0.4 is 10.6 Å². The summed E-state index contributed by atoms with van der Waals surface area (Å²) < 4.78 is 0. The van der Waals surface area contributed by atoms with E-state index in [4.69, 9.17) is 23.2 Å². The van der Waals surface area contributed by atoms with Gasteiger partial charge in [0.25, 0.3) is 5.91 Å². The Morgan fingerprint density at radius 2 is 1.74 bits per heavy atom. The molecule has 3 rings (SSSR count). The largest absolute Gasteiger partial charge is 0.320 e. The molecule has 118 valence electrons. The van der Waals surface area contributed by atoms with Gasteiger partial charge in [0.15, 0.2) is 0 Å². The second kappa shape index (κ2) is 6.56. The minimum atomic E-state index is -0.419. The first-order valence-corrected chi connectivity index (χ1v) is 7.82. The van der Waals surface area contributed by atoms with Gasteiger partial charge in [-0.1, -0.05) is 29.3 Å². The maximum Gasteiger partial charge on any atom is 0.258 e. The number of hydrogen-bond acceptors (Lipinski definition) is 3. The highest BCUT2D eigenvalue weighted by atomic mass is 35.5. The summed E-state index contributed by atoms with van der Waals surface area (Å²) in [6.07, 6.45) is 3.32. The molecule has 7 heteroatoms. The third-order valence-corrected chi connectivity index (χ3v) is 4.04. The summed E-state index contributed by atoms with van der Waals surface area (Å²) in [6, 6.07) is 8.14. The average molecular weight is 350 g/mol. The van der Waals surface area contributed by atoms with Crippen LogP contribution in [-0.4, -0.2) is 16.8 Å². The van der Waals surface area contributed by atoms with Gasteiger partial charge < -0.3 is 10.6 Å². The van der Waals surface area contributed by atoms with Crippen LogP contribution in [-0.2, 0) is 4.79 Å². The second-order valence-electron chi connectivity index (χ2n) is 5.25. The van der Waals surface area contributed by atoms with Crippen molar-refractivity contribution in [3.8, 4) is 0 Å². The van der Waals surface area contributed by atoms with E-state index in [0.29, 0.717) is 11.5 Å². The summed E-state index contributed by atoms with van der Waals surface area (Å²) >= 11 is 12.0. The smallest absolute Gasteiger partial charge is 0.258 e. The predicted molar refractivity (Wildman–Crippen MR) is 90.0 cm³/mol. The zero-order valence-corrected chi connectivity index (χ0v) is 13.5. The van der Waals surface area contributed by atoms with Crippen molar-refractivity contribution in [3.05, 3.63) is 52.1 Å². The molecule has 2 aromatic rings. The lowest BCUT2D eigenvalue weighted by Gasteiger charge is -2.09. The number of benzene rings is 1. The molecule has 5 nitrogen and oxygen atoms in total.